The first-order chi connectivity index (χ1) is 10.7. The van der Waals surface area contributed by atoms with Gasteiger partial charge in [-0.3, -0.25) is 0 Å². The van der Waals surface area contributed by atoms with E-state index in [1.165, 1.54) is 6.20 Å². The fraction of sp³-hybridized carbons (Fsp3) is 0.615. The molecule has 2 heterocycles. The quantitative estimate of drug-likeness (QED) is 0.586. The normalized spacial score (nSPS) is 18.7. The molecule has 2 N–H and O–H groups in total. The summed E-state index contributed by atoms with van der Waals surface area (Å²) in [6.07, 6.45) is 0.768. The first-order valence-electron chi connectivity index (χ1n) is 7.04. The summed E-state index contributed by atoms with van der Waals surface area (Å²) in [5, 5.41) is 0.123. The lowest BCUT2D eigenvalue weighted by molar-refractivity contribution is -0.0515. The zero-order valence-corrected chi connectivity index (χ0v) is 15.4. The minimum absolute atomic E-state index is 0.123. The third kappa shape index (κ3) is 5.76. The predicted molar refractivity (Wildman–Crippen MR) is 89.0 cm³/mol. The van der Waals surface area contributed by atoms with Crippen LogP contribution in [-0.2, 0) is 9.47 Å². The summed E-state index contributed by atoms with van der Waals surface area (Å²) in [7, 11) is 0. The highest BCUT2D eigenvalue weighted by Crippen LogP contribution is 2.19. The molecule has 1 unspecified atom stereocenters. The van der Waals surface area contributed by atoms with E-state index in [1.807, 2.05) is 20.8 Å². The number of ether oxygens (including phenoxy) is 2. The third-order valence-electron chi connectivity index (χ3n) is 2.78. The van der Waals surface area contributed by atoms with Gasteiger partial charge in [0, 0.05) is 12.7 Å². The van der Waals surface area contributed by atoms with Crippen LogP contribution >= 0.6 is 27.5 Å². The van der Waals surface area contributed by atoms with Gasteiger partial charge >= 0.3 is 6.09 Å². The van der Waals surface area contributed by atoms with Crippen LogP contribution in [0.15, 0.2) is 10.7 Å². The summed E-state index contributed by atoms with van der Waals surface area (Å²) in [6, 6.07) is 0. The molecule has 1 atom stereocenters. The molecular weight excluding hydrogens is 390 g/mol. The van der Waals surface area contributed by atoms with Crippen molar-refractivity contribution in [2.45, 2.75) is 32.6 Å². The number of rotatable bonds is 3. The number of morpholine rings is 1. The van der Waals surface area contributed by atoms with Gasteiger partial charge in [-0.25, -0.2) is 15.2 Å². The van der Waals surface area contributed by atoms with Crippen molar-refractivity contribution in [3.8, 4) is 0 Å². The van der Waals surface area contributed by atoms with E-state index in [0.717, 1.165) is 0 Å². The molecule has 1 aromatic rings. The van der Waals surface area contributed by atoms with Gasteiger partial charge < -0.3 is 19.8 Å². The van der Waals surface area contributed by atoms with Crippen LogP contribution in [0, 0.1) is 0 Å². The molecule has 1 saturated heterocycles. The Morgan fingerprint density at radius 2 is 2.30 bits per heavy atom. The molecule has 0 aromatic carbocycles. The second-order valence-electron chi connectivity index (χ2n) is 5.89. The van der Waals surface area contributed by atoms with E-state index in [2.05, 4.69) is 36.7 Å². The van der Waals surface area contributed by atoms with E-state index < -0.39 is 11.8 Å². The summed E-state index contributed by atoms with van der Waals surface area (Å²) in [5.41, 5.74) is 5.32. The molecule has 1 amide bonds. The van der Waals surface area contributed by atoms with E-state index >= 15 is 0 Å². The Hall–Kier alpha value is -1.16. The number of amides is 1. The molecule has 1 aliphatic heterocycles. The van der Waals surface area contributed by atoms with Crippen LogP contribution in [0.2, 0.25) is 5.28 Å². The van der Waals surface area contributed by atoms with Gasteiger partial charge in [0.2, 0.25) is 5.28 Å². The van der Waals surface area contributed by atoms with Gasteiger partial charge in [0.05, 0.1) is 17.6 Å². The number of carbonyl (C=O) groups excluding carboxylic acids is 1. The van der Waals surface area contributed by atoms with Crippen molar-refractivity contribution >= 4 is 39.4 Å². The van der Waals surface area contributed by atoms with Gasteiger partial charge in [-0.2, -0.15) is 4.98 Å². The van der Waals surface area contributed by atoms with Crippen molar-refractivity contribution in [2.24, 2.45) is 0 Å². The molecule has 1 aliphatic rings. The van der Waals surface area contributed by atoms with Crippen LogP contribution < -0.4 is 10.9 Å². The monoisotopic (exact) mass is 407 g/mol. The maximum Gasteiger partial charge on any atom is 0.410 e. The number of halogens is 2. The molecule has 2 rings (SSSR count). The summed E-state index contributed by atoms with van der Waals surface area (Å²) in [6.45, 7) is 6.73. The zero-order chi connectivity index (χ0) is 17.0. The van der Waals surface area contributed by atoms with Gasteiger partial charge in [0.25, 0.3) is 0 Å². The molecule has 0 spiro atoms. The van der Waals surface area contributed by atoms with Gasteiger partial charge in [-0.15, -0.1) is 0 Å². The molecule has 23 heavy (non-hydrogen) atoms. The lowest BCUT2D eigenvalue weighted by Crippen LogP contribution is -2.53. The van der Waals surface area contributed by atoms with Crippen molar-refractivity contribution in [1.82, 2.24) is 20.3 Å². The summed E-state index contributed by atoms with van der Waals surface area (Å²) in [5.74, 6) is 0.475. The molecule has 0 aliphatic carbocycles. The smallest absolute Gasteiger partial charge is 0.410 e. The Bertz CT molecular complexity index is 569. The van der Waals surface area contributed by atoms with E-state index in [0.29, 0.717) is 30.0 Å². The Labute approximate surface area is 148 Å². The maximum absolute atomic E-state index is 12.1. The highest BCUT2D eigenvalue weighted by Gasteiger charge is 2.28. The van der Waals surface area contributed by atoms with Crippen molar-refractivity contribution in [1.29, 1.82) is 0 Å². The first-order valence-corrected chi connectivity index (χ1v) is 8.21. The number of carbonyl (C=O) groups is 1. The zero-order valence-electron chi connectivity index (χ0n) is 13.1. The number of nitrogens with one attached hydrogen (secondary N) is 2. The number of nitrogens with zero attached hydrogens (tertiary/aromatic N) is 3. The van der Waals surface area contributed by atoms with E-state index in [9.17, 15) is 4.79 Å². The van der Waals surface area contributed by atoms with Crippen LogP contribution in [0.3, 0.4) is 0 Å². The Balaban J connectivity index is 1.89. The number of hydrogen-bond acceptors (Lipinski definition) is 7. The minimum Gasteiger partial charge on any atom is -0.444 e. The minimum atomic E-state index is -0.529. The van der Waals surface area contributed by atoms with Crippen molar-refractivity contribution in [3.05, 3.63) is 16.0 Å². The van der Waals surface area contributed by atoms with E-state index in [1.54, 1.807) is 4.90 Å². The second kappa shape index (κ2) is 7.61. The molecule has 128 valence electrons. The molecule has 10 heteroatoms. The molecule has 0 radical (unpaired) electrons. The SMILES string of the molecule is CC(C)(C)OC(=O)N1CCOC(NNc2nc(Cl)ncc2Br)C1. The largest absolute Gasteiger partial charge is 0.444 e. The number of hydrogen-bond donors (Lipinski definition) is 2. The van der Waals surface area contributed by atoms with Gasteiger partial charge in [0.15, 0.2) is 5.82 Å². The first kappa shape index (κ1) is 18.2. The summed E-state index contributed by atoms with van der Waals surface area (Å²) >= 11 is 9.07. The Kier molecular flexibility index (Phi) is 6.01. The van der Waals surface area contributed by atoms with Crippen LogP contribution in [0.4, 0.5) is 10.6 Å². The Morgan fingerprint density at radius 3 is 3.00 bits per heavy atom. The van der Waals surface area contributed by atoms with E-state index in [-0.39, 0.29) is 11.4 Å². The van der Waals surface area contributed by atoms with Gasteiger partial charge in [-0.05, 0) is 48.3 Å². The number of anilines is 1. The average molecular weight is 409 g/mol. The van der Waals surface area contributed by atoms with Gasteiger partial charge in [0.1, 0.15) is 11.8 Å². The van der Waals surface area contributed by atoms with Gasteiger partial charge in [-0.1, -0.05) is 0 Å². The summed E-state index contributed by atoms with van der Waals surface area (Å²) < 4.78 is 11.6. The lowest BCUT2D eigenvalue weighted by atomic mass is 10.2. The summed E-state index contributed by atoms with van der Waals surface area (Å²) in [4.78, 5) is 21.6. The predicted octanol–water partition coefficient (Wildman–Crippen LogP) is 2.40. The lowest BCUT2D eigenvalue weighted by Gasteiger charge is -2.34. The fourth-order valence-corrected chi connectivity index (χ4v) is 2.23. The maximum atomic E-state index is 12.1. The number of hydrazine groups is 1. The molecule has 0 saturated carbocycles. The molecule has 8 nitrogen and oxygen atoms in total. The molecule has 1 fully saturated rings. The fourth-order valence-electron chi connectivity index (χ4n) is 1.81. The second-order valence-corrected chi connectivity index (χ2v) is 7.08. The van der Waals surface area contributed by atoms with Crippen molar-refractivity contribution < 1.29 is 14.3 Å². The van der Waals surface area contributed by atoms with Crippen LogP contribution in [0.1, 0.15) is 20.8 Å². The van der Waals surface area contributed by atoms with Crippen LogP contribution in [0.25, 0.3) is 0 Å². The third-order valence-corrected chi connectivity index (χ3v) is 3.55. The topological polar surface area (TPSA) is 88.6 Å². The van der Waals surface area contributed by atoms with E-state index in [4.69, 9.17) is 21.1 Å². The highest BCUT2D eigenvalue weighted by atomic mass is 79.9. The highest BCUT2D eigenvalue weighted by molar-refractivity contribution is 9.10. The Morgan fingerprint density at radius 1 is 1.57 bits per heavy atom. The van der Waals surface area contributed by atoms with Crippen LogP contribution in [0.5, 0.6) is 0 Å². The standard InChI is InChI=1S/C13H19BrClN5O3/c1-13(2,3)23-12(21)20-4-5-22-9(7-20)18-19-10-8(14)6-16-11(15)17-10/h6,9,18H,4-5,7H2,1-3H3,(H,16,17,19). The number of aromatic nitrogens is 2. The molecular formula is C13H19BrClN5O3. The van der Waals surface area contributed by atoms with Crippen LogP contribution in [-0.4, -0.2) is 52.5 Å². The average Bonchev–Trinajstić information content (AvgIpc) is 2.47. The van der Waals surface area contributed by atoms with Crippen molar-refractivity contribution in [2.75, 3.05) is 25.1 Å². The molecule has 1 aromatic heterocycles. The van der Waals surface area contributed by atoms with Crippen molar-refractivity contribution in [3.63, 3.8) is 0 Å². The molecule has 0 bridgehead atoms.